The summed E-state index contributed by atoms with van der Waals surface area (Å²) in [6, 6.07) is 9.37. The molecule has 1 aromatic carbocycles. The van der Waals surface area contributed by atoms with E-state index in [0.717, 1.165) is 43.4 Å². The monoisotopic (exact) mass is 522 g/mol. The number of carboxylic acids is 1. The van der Waals surface area contributed by atoms with E-state index in [0.29, 0.717) is 17.8 Å². The number of rotatable bonds is 8. The standard InChI is InChI=1S/C31H42N2O5/c1-30-14-12-23(17-22(30)8-9-24-25-10-11-27(34)31(25,2)15-13-26(24)30)33-38-19-28(35)32-18-21(16-29(36)37)20-6-4-3-5-7-20/h3-7,17,21,24-27,34H,8-16,18-19H2,1-2H3,(H,32,35)(H,36,37)/b33-23-/t21-,24+,25+,26+,27+,30+,31+/m1/s1. The fraction of sp³-hybridized carbons (Fsp3) is 0.645. The lowest BCUT2D eigenvalue weighted by atomic mass is 9.47. The van der Waals surface area contributed by atoms with Gasteiger partial charge >= 0.3 is 5.97 Å². The minimum Gasteiger partial charge on any atom is -0.481 e. The molecule has 1 amide bonds. The van der Waals surface area contributed by atoms with Crippen LogP contribution in [0, 0.1) is 28.6 Å². The van der Waals surface area contributed by atoms with E-state index in [2.05, 4.69) is 30.4 Å². The number of amides is 1. The SMILES string of the molecule is C[C@]12CC[C@H]3[C@@H](CCC4=C/C(=N\OCC(=O)NC[C@@H](CC(=O)O)c5ccccc5)CC[C@@]43C)[C@@H]1CC[C@@H]2O. The molecule has 7 heteroatoms. The summed E-state index contributed by atoms with van der Waals surface area (Å²) < 4.78 is 0. The number of benzene rings is 1. The molecule has 0 heterocycles. The largest absolute Gasteiger partial charge is 0.481 e. The van der Waals surface area contributed by atoms with Crippen molar-refractivity contribution in [2.24, 2.45) is 33.7 Å². The average molecular weight is 523 g/mol. The van der Waals surface area contributed by atoms with Crippen LogP contribution in [0.3, 0.4) is 0 Å². The number of nitrogens with one attached hydrogen (secondary N) is 1. The van der Waals surface area contributed by atoms with Crippen LogP contribution in [0.25, 0.3) is 0 Å². The van der Waals surface area contributed by atoms with E-state index in [9.17, 15) is 19.8 Å². The predicted molar refractivity (Wildman–Crippen MR) is 146 cm³/mol. The Labute approximate surface area is 225 Å². The number of carbonyl (C=O) groups excluding carboxylic acids is 1. The molecule has 5 rings (SSSR count). The first-order valence-corrected chi connectivity index (χ1v) is 14.3. The minimum atomic E-state index is -0.898. The van der Waals surface area contributed by atoms with Crippen LogP contribution in [-0.2, 0) is 14.4 Å². The normalized spacial score (nSPS) is 35.9. The Morgan fingerprint density at radius 3 is 2.63 bits per heavy atom. The molecule has 3 saturated carbocycles. The summed E-state index contributed by atoms with van der Waals surface area (Å²) in [5.41, 5.74) is 3.54. The number of aliphatic hydroxyl groups is 1. The second-order valence-electron chi connectivity index (χ2n) is 12.5. The first-order chi connectivity index (χ1) is 18.2. The van der Waals surface area contributed by atoms with E-state index in [1.807, 2.05) is 30.3 Å². The van der Waals surface area contributed by atoms with E-state index >= 15 is 0 Å². The number of carboxylic acid groups (broad SMARTS) is 1. The number of carbonyl (C=O) groups is 2. The van der Waals surface area contributed by atoms with Crippen LogP contribution < -0.4 is 5.32 Å². The first-order valence-electron chi connectivity index (χ1n) is 14.3. The van der Waals surface area contributed by atoms with Gasteiger partial charge in [-0.25, -0.2) is 0 Å². The smallest absolute Gasteiger partial charge is 0.304 e. The topological polar surface area (TPSA) is 108 Å². The van der Waals surface area contributed by atoms with Crippen molar-refractivity contribution in [1.29, 1.82) is 0 Å². The molecule has 0 radical (unpaired) electrons. The zero-order chi connectivity index (χ0) is 26.9. The molecule has 7 nitrogen and oxygen atoms in total. The maximum atomic E-state index is 12.4. The van der Waals surface area contributed by atoms with Crippen molar-refractivity contribution in [3.8, 4) is 0 Å². The van der Waals surface area contributed by atoms with E-state index < -0.39 is 5.97 Å². The Hall–Kier alpha value is -2.67. The molecule has 4 aliphatic carbocycles. The molecule has 0 unspecified atom stereocenters. The summed E-state index contributed by atoms with van der Waals surface area (Å²) in [6.45, 7) is 4.81. The molecule has 4 aliphatic rings. The minimum absolute atomic E-state index is 0.0534. The van der Waals surface area contributed by atoms with Gasteiger partial charge < -0.3 is 20.4 Å². The quantitative estimate of drug-likeness (QED) is 0.414. The molecule has 1 aromatic rings. The van der Waals surface area contributed by atoms with E-state index in [4.69, 9.17) is 4.84 Å². The summed E-state index contributed by atoms with van der Waals surface area (Å²) in [5.74, 6) is 0.506. The summed E-state index contributed by atoms with van der Waals surface area (Å²) in [6.07, 6.45) is 10.6. The third-order valence-electron chi connectivity index (χ3n) is 10.5. The Balaban J connectivity index is 1.16. The fourth-order valence-corrected chi connectivity index (χ4v) is 8.32. The molecule has 7 atom stereocenters. The molecule has 0 saturated heterocycles. The van der Waals surface area contributed by atoms with Gasteiger partial charge in [0.05, 0.1) is 18.2 Å². The summed E-state index contributed by atoms with van der Waals surface area (Å²) in [4.78, 5) is 29.1. The molecule has 0 aromatic heterocycles. The number of hydrogen-bond donors (Lipinski definition) is 3. The lowest BCUT2D eigenvalue weighted by Crippen LogP contribution is -2.51. The van der Waals surface area contributed by atoms with Crippen LogP contribution in [0.15, 0.2) is 47.1 Å². The number of aliphatic hydroxyl groups excluding tert-OH is 1. The van der Waals surface area contributed by atoms with Crippen LogP contribution in [-0.4, -0.2) is 47.1 Å². The van der Waals surface area contributed by atoms with E-state index in [1.165, 1.54) is 24.8 Å². The highest BCUT2D eigenvalue weighted by Crippen LogP contribution is 2.65. The molecule has 3 fully saturated rings. The van der Waals surface area contributed by atoms with Gasteiger partial charge in [0.25, 0.3) is 5.91 Å². The lowest BCUT2D eigenvalue weighted by molar-refractivity contribution is -0.137. The van der Waals surface area contributed by atoms with Crippen molar-refractivity contribution in [3.63, 3.8) is 0 Å². The van der Waals surface area contributed by atoms with Crippen LogP contribution in [0.2, 0.25) is 0 Å². The third-order valence-corrected chi connectivity index (χ3v) is 10.5. The zero-order valence-electron chi connectivity index (χ0n) is 22.7. The van der Waals surface area contributed by atoms with Gasteiger partial charge in [-0.2, -0.15) is 0 Å². The van der Waals surface area contributed by atoms with Crippen LogP contribution in [0.5, 0.6) is 0 Å². The second-order valence-corrected chi connectivity index (χ2v) is 12.5. The van der Waals surface area contributed by atoms with Gasteiger partial charge in [-0.15, -0.1) is 0 Å². The van der Waals surface area contributed by atoms with E-state index in [-0.39, 0.29) is 48.3 Å². The van der Waals surface area contributed by atoms with Gasteiger partial charge in [-0.1, -0.05) is 54.9 Å². The maximum absolute atomic E-state index is 12.4. The van der Waals surface area contributed by atoms with Gasteiger partial charge in [-0.3, -0.25) is 9.59 Å². The molecule has 0 spiro atoms. The van der Waals surface area contributed by atoms with Crippen molar-refractivity contribution in [2.45, 2.75) is 83.7 Å². The van der Waals surface area contributed by atoms with Crippen molar-refractivity contribution < 1.29 is 24.6 Å². The van der Waals surface area contributed by atoms with Gasteiger partial charge in [-0.05, 0) is 91.6 Å². The number of fused-ring (bicyclic) bond motifs is 5. The van der Waals surface area contributed by atoms with Crippen LogP contribution in [0.4, 0.5) is 0 Å². The van der Waals surface area contributed by atoms with Gasteiger partial charge in [0, 0.05) is 12.5 Å². The van der Waals surface area contributed by atoms with E-state index in [1.54, 1.807) is 0 Å². The number of hydrogen-bond acceptors (Lipinski definition) is 5. The summed E-state index contributed by atoms with van der Waals surface area (Å²) >= 11 is 0. The van der Waals surface area contributed by atoms with Crippen molar-refractivity contribution in [1.82, 2.24) is 5.32 Å². The number of nitrogens with zero attached hydrogens (tertiary/aromatic N) is 1. The highest BCUT2D eigenvalue weighted by Gasteiger charge is 2.58. The first kappa shape index (κ1) is 26.9. The highest BCUT2D eigenvalue weighted by atomic mass is 16.6. The maximum Gasteiger partial charge on any atom is 0.304 e. The highest BCUT2D eigenvalue weighted by molar-refractivity contribution is 5.96. The Morgan fingerprint density at radius 2 is 1.87 bits per heavy atom. The zero-order valence-corrected chi connectivity index (χ0v) is 22.7. The molecule has 0 bridgehead atoms. The predicted octanol–water partition coefficient (Wildman–Crippen LogP) is 5.06. The van der Waals surface area contributed by atoms with Crippen LogP contribution in [0.1, 0.15) is 83.1 Å². The molecule has 38 heavy (non-hydrogen) atoms. The molecular formula is C31H42N2O5. The Kier molecular flexibility index (Phi) is 7.67. The summed E-state index contributed by atoms with van der Waals surface area (Å²) in [7, 11) is 0. The number of oxime groups is 1. The number of allylic oxidation sites excluding steroid dienone is 2. The Morgan fingerprint density at radius 1 is 1.08 bits per heavy atom. The lowest BCUT2D eigenvalue weighted by Gasteiger charge is -2.57. The van der Waals surface area contributed by atoms with Gasteiger partial charge in [0.15, 0.2) is 6.61 Å². The Bertz CT molecular complexity index is 1100. The molecule has 0 aliphatic heterocycles. The summed E-state index contributed by atoms with van der Waals surface area (Å²) in [5, 5.41) is 27.0. The molecule has 206 valence electrons. The van der Waals surface area contributed by atoms with Gasteiger partial charge in [0.2, 0.25) is 0 Å². The van der Waals surface area contributed by atoms with Crippen LogP contribution >= 0.6 is 0 Å². The second kappa shape index (κ2) is 10.8. The number of aliphatic carboxylic acids is 1. The van der Waals surface area contributed by atoms with Crippen molar-refractivity contribution >= 4 is 17.6 Å². The van der Waals surface area contributed by atoms with Gasteiger partial charge in [0.1, 0.15) is 0 Å². The van der Waals surface area contributed by atoms with Crippen molar-refractivity contribution in [3.05, 3.63) is 47.5 Å². The fourth-order valence-electron chi connectivity index (χ4n) is 8.32. The molecule has 3 N–H and O–H groups in total. The third kappa shape index (κ3) is 5.14. The molecular weight excluding hydrogens is 480 g/mol. The average Bonchev–Trinajstić information content (AvgIpc) is 3.21. The van der Waals surface area contributed by atoms with Crippen molar-refractivity contribution in [2.75, 3.05) is 13.2 Å².